The third kappa shape index (κ3) is 4.19. The lowest BCUT2D eigenvalue weighted by Crippen LogP contribution is -2.43. The van der Waals surface area contributed by atoms with Crippen molar-refractivity contribution in [2.24, 2.45) is 0 Å². The Hall–Kier alpha value is -6.56. The first-order valence-electron chi connectivity index (χ1n) is 17.5. The van der Waals surface area contributed by atoms with Gasteiger partial charge in [-0.1, -0.05) is 121 Å². The molecule has 2 atom stereocenters. The zero-order chi connectivity index (χ0) is 33.5. The molecule has 1 aliphatic rings. The summed E-state index contributed by atoms with van der Waals surface area (Å²) in [5.41, 5.74) is 11.1. The van der Waals surface area contributed by atoms with Crippen molar-refractivity contribution in [3.63, 3.8) is 0 Å². The molecule has 51 heavy (non-hydrogen) atoms. The van der Waals surface area contributed by atoms with E-state index in [1.807, 2.05) is 6.07 Å². The SMILES string of the molecule is C1=C(c2ccccc2)NC(n2c3ccc4oc5ccccc5c4c3c3ccc4c(c5ccccc5n4-c4ccccc4)c32)NC1c1ccccc1. The Bertz CT molecular complexity index is 2970. The van der Waals surface area contributed by atoms with Gasteiger partial charge >= 0.3 is 0 Å². The smallest absolute Gasteiger partial charge is 0.160 e. The van der Waals surface area contributed by atoms with Crippen molar-refractivity contribution in [1.29, 1.82) is 0 Å². The van der Waals surface area contributed by atoms with E-state index in [0.29, 0.717) is 0 Å². The van der Waals surface area contributed by atoms with Crippen LogP contribution >= 0.6 is 0 Å². The molecule has 0 aliphatic carbocycles. The number of furan rings is 1. The quantitative estimate of drug-likeness (QED) is 0.198. The molecule has 0 spiro atoms. The van der Waals surface area contributed by atoms with E-state index in [4.69, 9.17) is 4.42 Å². The molecule has 0 amide bonds. The Morgan fingerprint density at radius 3 is 2.00 bits per heavy atom. The molecule has 0 fully saturated rings. The molecule has 2 N–H and O–H groups in total. The largest absolute Gasteiger partial charge is 0.456 e. The topological polar surface area (TPSA) is 47.1 Å². The zero-order valence-electron chi connectivity index (χ0n) is 27.6. The van der Waals surface area contributed by atoms with Crippen molar-refractivity contribution >= 4 is 71.2 Å². The van der Waals surface area contributed by atoms with Crippen LogP contribution < -0.4 is 10.6 Å². The number of aromatic nitrogens is 2. The summed E-state index contributed by atoms with van der Waals surface area (Å²) >= 11 is 0. The summed E-state index contributed by atoms with van der Waals surface area (Å²) < 4.78 is 11.4. The van der Waals surface area contributed by atoms with Gasteiger partial charge in [0, 0.05) is 43.7 Å². The van der Waals surface area contributed by atoms with Gasteiger partial charge in [0.2, 0.25) is 0 Å². The van der Waals surface area contributed by atoms with Crippen molar-refractivity contribution in [1.82, 2.24) is 19.8 Å². The van der Waals surface area contributed by atoms with Gasteiger partial charge in [-0.25, -0.2) is 0 Å². The first-order chi connectivity index (χ1) is 25.3. The minimum Gasteiger partial charge on any atom is -0.456 e. The van der Waals surface area contributed by atoms with E-state index < -0.39 is 0 Å². The maximum Gasteiger partial charge on any atom is 0.160 e. The van der Waals surface area contributed by atoms with Gasteiger partial charge in [-0.05, 0) is 59.7 Å². The molecule has 0 radical (unpaired) electrons. The third-order valence-electron chi connectivity index (χ3n) is 10.6. The van der Waals surface area contributed by atoms with Gasteiger partial charge in [0.25, 0.3) is 0 Å². The lowest BCUT2D eigenvalue weighted by molar-refractivity contribution is 0.351. The van der Waals surface area contributed by atoms with E-state index in [2.05, 4.69) is 184 Å². The molecule has 3 aromatic heterocycles. The highest BCUT2D eigenvalue weighted by atomic mass is 16.3. The number of rotatable bonds is 4. The molecule has 10 aromatic rings. The summed E-state index contributed by atoms with van der Waals surface area (Å²) in [6, 6.07) is 58.3. The van der Waals surface area contributed by atoms with Crippen LogP contribution in [0.25, 0.3) is 76.9 Å². The van der Waals surface area contributed by atoms with Gasteiger partial charge in [-0.2, -0.15) is 0 Å². The average molecular weight is 657 g/mol. The highest BCUT2D eigenvalue weighted by Crippen LogP contribution is 2.46. The fourth-order valence-electron chi connectivity index (χ4n) is 8.43. The Kier molecular flexibility index (Phi) is 6.09. The normalized spacial score (nSPS) is 16.4. The molecule has 0 saturated heterocycles. The van der Waals surface area contributed by atoms with Crippen LogP contribution in [0.3, 0.4) is 0 Å². The molecule has 242 valence electrons. The maximum absolute atomic E-state index is 6.48. The fourth-order valence-corrected chi connectivity index (χ4v) is 8.43. The van der Waals surface area contributed by atoms with Crippen LogP contribution in [0.2, 0.25) is 0 Å². The van der Waals surface area contributed by atoms with Crippen LogP contribution in [-0.4, -0.2) is 9.13 Å². The van der Waals surface area contributed by atoms with Gasteiger partial charge < -0.3 is 18.9 Å². The summed E-state index contributed by atoms with van der Waals surface area (Å²) in [4.78, 5) is 0. The molecule has 5 heteroatoms. The number of hydrogen-bond donors (Lipinski definition) is 2. The highest BCUT2D eigenvalue weighted by Gasteiger charge is 2.30. The number of nitrogens with one attached hydrogen (secondary N) is 2. The zero-order valence-corrected chi connectivity index (χ0v) is 27.6. The highest BCUT2D eigenvalue weighted by molar-refractivity contribution is 6.32. The predicted molar refractivity (Wildman–Crippen MR) is 210 cm³/mol. The maximum atomic E-state index is 6.48. The summed E-state index contributed by atoms with van der Waals surface area (Å²) in [5, 5.41) is 15.1. The van der Waals surface area contributed by atoms with Crippen LogP contribution in [0.15, 0.2) is 174 Å². The van der Waals surface area contributed by atoms with E-state index in [1.165, 1.54) is 43.7 Å². The van der Waals surface area contributed by atoms with Gasteiger partial charge in [0.05, 0.1) is 28.1 Å². The summed E-state index contributed by atoms with van der Waals surface area (Å²) in [6.07, 6.45) is 2.03. The number of nitrogens with zero attached hydrogens (tertiary/aromatic N) is 2. The standard InChI is InChI=1S/C46H32N4O/c1-4-14-29(15-5-1)35-28-36(30-16-6-2-7-17-30)48-46(47-35)50-38-26-27-41-44(33-21-11-13-23-40(33)51-41)42(38)34-24-25-39-43(45(34)50)32-20-10-12-22-37(32)49(39)31-18-8-3-9-19-31/h1-28,35,46-48H. The molecule has 11 rings (SSSR count). The molecule has 0 saturated carbocycles. The van der Waals surface area contributed by atoms with Gasteiger partial charge in [0.1, 0.15) is 11.2 Å². The minimum absolute atomic E-state index is 0.0245. The number of benzene rings is 7. The predicted octanol–water partition coefficient (Wildman–Crippen LogP) is 11.2. The lowest BCUT2D eigenvalue weighted by atomic mass is 10.0. The Balaban J connectivity index is 1.29. The van der Waals surface area contributed by atoms with E-state index in [-0.39, 0.29) is 12.3 Å². The Labute approximate surface area is 293 Å². The summed E-state index contributed by atoms with van der Waals surface area (Å²) in [5.74, 6) is 0. The van der Waals surface area contributed by atoms with E-state index in [0.717, 1.165) is 44.4 Å². The number of fused-ring (bicyclic) bond motifs is 11. The summed E-state index contributed by atoms with van der Waals surface area (Å²) in [7, 11) is 0. The summed E-state index contributed by atoms with van der Waals surface area (Å²) in [6.45, 7) is 0. The Morgan fingerprint density at radius 2 is 1.18 bits per heavy atom. The van der Waals surface area contributed by atoms with Crippen LogP contribution in [0, 0.1) is 0 Å². The Morgan fingerprint density at radius 1 is 0.490 bits per heavy atom. The van der Waals surface area contributed by atoms with E-state index in [9.17, 15) is 0 Å². The third-order valence-corrected chi connectivity index (χ3v) is 10.6. The van der Waals surface area contributed by atoms with Crippen molar-refractivity contribution in [3.8, 4) is 5.69 Å². The van der Waals surface area contributed by atoms with Crippen molar-refractivity contribution in [3.05, 3.63) is 181 Å². The number of hydrogen-bond acceptors (Lipinski definition) is 3. The van der Waals surface area contributed by atoms with Crippen LogP contribution in [-0.2, 0) is 0 Å². The molecule has 0 bridgehead atoms. The van der Waals surface area contributed by atoms with Gasteiger partial charge in [-0.15, -0.1) is 0 Å². The molecule has 7 aromatic carbocycles. The number of para-hydroxylation sites is 3. The molecule has 2 unspecified atom stereocenters. The second kappa shape index (κ2) is 11.0. The van der Waals surface area contributed by atoms with Crippen molar-refractivity contribution in [2.45, 2.75) is 12.3 Å². The lowest BCUT2D eigenvalue weighted by Gasteiger charge is -2.34. The fraction of sp³-hybridized carbons (Fsp3) is 0.0435. The second-order valence-electron chi connectivity index (χ2n) is 13.4. The average Bonchev–Trinajstić information content (AvgIpc) is 3.86. The molecule has 5 nitrogen and oxygen atoms in total. The molecular formula is C46H32N4O. The van der Waals surface area contributed by atoms with E-state index >= 15 is 0 Å². The van der Waals surface area contributed by atoms with Crippen molar-refractivity contribution in [2.75, 3.05) is 0 Å². The minimum atomic E-state index is -0.282. The first kappa shape index (κ1) is 28.3. The van der Waals surface area contributed by atoms with Crippen molar-refractivity contribution < 1.29 is 4.42 Å². The second-order valence-corrected chi connectivity index (χ2v) is 13.4. The molecular weight excluding hydrogens is 625 g/mol. The van der Waals surface area contributed by atoms with Gasteiger partial charge in [0.15, 0.2) is 6.29 Å². The van der Waals surface area contributed by atoms with Crippen LogP contribution in [0.4, 0.5) is 0 Å². The monoisotopic (exact) mass is 656 g/mol. The first-order valence-corrected chi connectivity index (χ1v) is 17.5. The van der Waals surface area contributed by atoms with Crippen LogP contribution in [0.5, 0.6) is 0 Å². The van der Waals surface area contributed by atoms with E-state index in [1.54, 1.807) is 0 Å². The van der Waals surface area contributed by atoms with Gasteiger partial charge in [-0.3, -0.25) is 5.32 Å². The van der Waals surface area contributed by atoms with Crippen LogP contribution in [0.1, 0.15) is 23.5 Å². The molecule has 4 heterocycles. The molecule has 1 aliphatic heterocycles.